The Kier molecular flexibility index (Phi) is 11.2. The zero-order chi connectivity index (χ0) is 32.0. The zero-order valence-electron chi connectivity index (χ0n) is 23.8. The molecular formula is C32H29Cl4N3O4S. The van der Waals surface area contributed by atoms with Crippen LogP contribution < -0.4 is 9.62 Å². The summed E-state index contributed by atoms with van der Waals surface area (Å²) < 4.78 is 29.1. The van der Waals surface area contributed by atoms with Crippen molar-refractivity contribution in [1.29, 1.82) is 0 Å². The van der Waals surface area contributed by atoms with Crippen LogP contribution in [0.15, 0.2) is 95.9 Å². The Labute approximate surface area is 277 Å². The maximum Gasteiger partial charge on any atom is 0.264 e. The summed E-state index contributed by atoms with van der Waals surface area (Å²) in [5.74, 6) is -1.08. The van der Waals surface area contributed by atoms with E-state index in [1.807, 2.05) is 37.3 Å². The molecule has 4 aromatic rings. The molecule has 4 aromatic carbocycles. The molecule has 7 nitrogen and oxygen atoms in total. The van der Waals surface area contributed by atoms with Crippen LogP contribution in [0.25, 0.3) is 0 Å². The lowest BCUT2D eigenvalue weighted by molar-refractivity contribution is -0.139. The number of carbonyl (C=O) groups excluding carboxylic acids is 2. The van der Waals surface area contributed by atoms with Gasteiger partial charge in [-0.15, -0.1) is 0 Å². The van der Waals surface area contributed by atoms with Crippen LogP contribution in [-0.2, 0) is 32.6 Å². The van der Waals surface area contributed by atoms with Crippen LogP contribution in [0.3, 0.4) is 0 Å². The number of anilines is 1. The molecule has 0 saturated heterocycles. The van der Waals surface area contributed by atoms with Crippen molar-refractivity contribution in [2.45, 2.75) is 30.8 Å². The second-order valence-electron chi connectivity index (χ2n) is 10.0. The Morgan fingerprint density at radius 1 is 0.795 bits per heavy atom. The Bertz CT molecular complexity index is 1730. The molecular weight excluding hydrogens is 664 g/mol. The van der Waals surface area contributed by atoms with Gasteiger partial charge in [-0.25, -0.2) is 8.42 Å². The SMILES string of the molecule is CNC(=O)[C@@H](Cc1ccccc1)N(Cc1ccc(Cl)c(Cl)c1)C(=O)CN(c1cc(Cl)cc(Cl)c1)S(=O)(=O)c1ccc(C)cc1. The van der Waals surface area contributed by atoms with Gasteiger partial charge in [0.05, 0.1) is 20.6 Å². The summed E-state index contributed by atoms with van der Waals surface area (Å²) in [6, 6.07) is 23.6. The number of rotatable bonds is 11. The van der Waals surface area contributed by atoms with E-state index >= 15 is 0 Å². The predicted octanol–water partition coefficient (Wildman–Crippen LogP) is 7.19. The van der Waals surface area contributed by atoms with Crippen molar-refractivity contribution in [2.75, 3.05) is 17.9 Å². The summed E-state index contributed by atoms with van der Waals surface area (Å²) in [6.07, 6.45) is 0.168. The summed E-state index contributed by atoms with van der Waals surface area (Å²) >= 11 is 25.0. The van der Waals surface area contributed by atoms with E-state index in [9.17, 15) is 18.0 Å². The largest absolute Gasteiger partial charge is 0.357 e. The Morgan fingerprint density at radius 2 is 1.43 bits per heavy atom. The van der Waals surface area contributed by atoms with Crippen LogP contribution in [0.2, 0.25) is 20.1 Å². The molecule has 4 rings (SSSR count). The van der Waals surface area contributed by atoms with Crippen LogP contribution in [0.1, 0.15) is 16.7 Å². The summed E-state index contributed by atoms with van der Waals surface area (Å²) in [5, 5.41) is 3.61. The predicted molar refractivity (Wildman–Crippen MR) is 177 cm³/mol. The van der Waals surface area contributed by atoms with Gasteiger partial charge in [-0.1, -0.05) is 100 Å². The molecule has 44 heavy (non-hydrogen) atoms. The monoisotopic (exact) mass is 691 g/mol. The van der Waals surface area contributed by atoms with Gasteiger partial charge >= 0.3 is 0 Å². The summed E-state index contributed by atoms with van der Waals surface area (Å²) in [6.45, 7) is 1.12. The van der Waals surface area contributed by atoms with E-state index in [0.29, 0.717) is 10.6 Å². The molecule has 0 aliphatic heterocycles. The number of hydrogen-bond acceptors (Lipinski definition) is 4. The maximum atomic E-state index is 14.4. The van der Waals surface area contributed by atoms with E-state index in [-0.39, 0.29) is 38.6 Å². The van der Waals surface area contributed by atoms with Gasteiger partial charge in [-0.05, 0) is 60.5 Å². The summed E-state index contributed by atoms with van der Waals surface area (Å²) in [4.78, 5) is 29.0. The van der Waals surface area contributed by atoms with Gasteiger partial charge in [-0.3, -0.25) is 13.9 Å². The average molecular weight is 693 g/mol. The Balaban J connectivity index is 1.82. The second kappa shape index (κ2) is 14.7. The standard InChI is InChI=1S/C32H29Cl4N3O4S/c1-21-8-11-27(12-9-21)44(42,43)39(26-17-24(33)16-25(34)18-26)20-31(40)38(19-23-10-13-28(35)29(36)14-23)30(32(41)37-2)15-22-6-4-3-5-7-22/h3-14,16-18,30H,15,19-20H2,1-2H3,(H,37,41)/t30-/m1/s1. The van der Waals surface area contributed by atoms with Crippen molar-refractivity contribution in [3.63, 3.8) is 0 Å². The molecule has 230 valence electrons. The Hall–Kier alpha value is -3.27. The lowest BCUT2D eigenvalue weighted by atomic mass is 10.0. The molecule has 0 fully saturated rings. The molecule has 1 atom stereocenters. The van der Waals surface area contributed by atoms with Crippen molar-refractivity contribution >= 4 is 73.9 Å². The van der Waals surface area contributed by atoms with Crippen LogP contribution in [0, 0.1) is 6.92 Å². The number of amides is 2. The first-order valence-electron chi connectivity index (χ1n) is 13.4. The fourth-order valence-corrected chi connectivity index (χ4v) is 6.84. The van der Waals surface area contributed by atoms with Gasteiger partial charge < -0.3 is 10.2 Å². The van der Waals surface area contributed by atoms with E-state index in [0.717, 1.165) is 15.4 Å². The number of carbonyl (C=O) groups is 2. The number of hydrogen-bond donors (Lipinski definition) is 1. The smallest absolute Gasteiger partial charge is 0.264 e. The highest BCUT2D eigenvalue weighted by molar-refractivity contribution is 7.92. The molecule has 0 spiro atoms. The third kappa shape index (κ3) is 8.25. The average Bonchev–Trinajstić information content (AvgIpc) is 2.99. The third-order valence-electron chi connectivity index (χ3n) is 6.88. The van der Waals surface area contributed by atoms with E-state index in [1.165, 1.54) is 42.3 Å². The molecule has 1 N–H and O–H groups in total. The van der Waals surface area contributed by atoms with Crippen LogP contribution in [0.4, 0.5) is 5.69 Å². The van der Waals surface area contributed by atoms with Crippen LogP contribution >= 0.6 is 46.4 Å². The summed E-state index contributed by atoms with van der Waals surface area (Å²) in [5.41, 5.74) is 2.34. The minimum atomic E-state index is -4.30. The molecule has 0 heterocycles. The number of likely N-dealkylation sites (N-methyl/N-ethyl adjacent to an activating group) is 1. The number of nitrogens with one attached hydrogen (secondary N) is 1. The van der Waals surface area contributed by atoms with Crippen molar-refractivity contribution < 1.29 is 18.0 Å². The topological polar surface area (TPSA) is 86.8 Å². The van der Waals surface area contributed by atoms with Gasteiger partial charge in [-0.2, -0.15) is 0 Å². The first-order valence-corrected chi connectivity index (χ1v) is 16.4. The highest BCUT2D eigenvalue weighted by Crippen LogP contribution is 2.31. The molecule has 0 bridgehead atoms. The van der Waals surface area contributed by atoms with Crippen LogP contribution in [0.5, 0.6) is 0 Å². The molecule has 0 aliphatic rings. The third-order valence-corrected chi connectivity index (χ3v) is 9.84. The van der Waals surface area contributed by atoms with Gasteiger partial charge in [0, 0.05) is 30.1 Å². The number of aryl methyl sites for hydroxylation is 1. The molecule has 0 aliphatic carbocycles. The highest BCUT2D eigenvalue weighted by atomic mass is 35.5. The maximum absolute atomic E-state index is 14.4. The fraction of sp³-hybridized carbons (Fsp3) is 0.188. The molecule has 12 heteroatoms. The van der Waals surface area contributed by atoms with Crippen molar-refractivity contribution in [1.82, 2.24) is 10.2 Å². The second-order valence-corrected chi connectivity index (χ2v) is 13.6. The van der Waals surface area contributed by atoms with Gasteiger partial charge in [0.2, 0.25) is 11.8 Å². The number of sulfonamides is 1. The normalized spacial score (nSPS) is 12.0. The lowest BCUT2D eigenvalue weighted by Crippen LogP contribution is -2.53. The first kappa shape index (κ1) is 33.6. The van der Waals surface area contributed by atoms with Gasteiger partial charge in [0.1, 0.15) is 12.6 Å². The Morgan fingerprint density at radius 3 is 2.02 bits per heavy atom. The quantitative estimate of drug-likeness (QED) is 0.180. The van der Waals surface area contributed by atoms with E-state index in [2.05, 4.69) is 5.32 Å². The van der Waals surface area contributed by atoms with Crippen LogP contribution in [-0.4, -0.2) is 44.8 Å². The van der Waals surface area contributed by atoms with Crippen molar-refractivity contribution in [3.05, 3.63) is 128 Å². The van der Waals surface area contributed by atoms with Gasteiger partial charge in [0.15, 0.2) is 0 Å². The van der Waals surface area contributed by atoms with Gasteiger partial charge in [0.25, 0.3) is 10.0 Å². The van der Waals surface area contributed by atoms with E-state index in [1.54, 1.807) is 30.3 Å². The van der Waals surface area contributed by atoms with Crippen molar-refractivity contribution in [3.8, 4) is 0 Å². The molecule has 2 amide bonds. The number of halogens is 4. The van der Waals surface area contributed by atoms with Crippen molar-refractivity contribution in [2.24, 2.45) is 0 Å². The minimum Gasteiger partial charge on any atom is -0.357 e. The highest BCUT2D eigenvalue weighted by Gasteiger charge is 2.34. The molecule has 0 radical (unpaired) electrons. The number of nitrogens with zero attached hydrogens (tertiary/aromatic N) is 2. The van der Waals surface area contributed by atoms with E-state index < -0.39 is 34.4 Å². The molecule has 0 aromatic heterocycles. The molecule has 0 saturated carbocycles. The fourth-order valence-electron chi connectivity index (χ4n) is 4.60. The summed E-state index contributed by atoms with van der Waals surface area (Å²) in [7, 11) is -2.82. The van der Waals surface area contributed by atoms with E-state index in [4.69, 9.17) is 46.4 Å². The first-order chi connectivity index (χ1) is 20.9. The lowest BCUT2D eigenvalue weighted by Gasteiger charge is -2.33. The molecule has 0 unspecified atom stereocenters. The minimum absolute atomic E-state index is 0.0323. The zero-order valence-corrected chi connectivity index (χ0v) is 27.6. The number of benzene rings is 4.